The lowest BCUT2D eigenvalue weighted by Gasteiger charge is -2.31. The first kappa shape index (κ1) is 28.8. The number of benzene rings is 8. The molecule has 1 nitrogen and oxygen atoms in total. The number of rotatable bonds is 3. The first-order chi connectivity index (χ1) is 25.1. The summed E-state index contributed by atoms with van der Waals surface area (Å²) in [6.07, 6.45) is 0. The normalized spacial score (nSPS) is 14.8. The van der Waals surface area contributed by atoms with E-state index in [1.54, 1.807) is 0 Å². The molecule has 51 heavy (non-hydrogen) atoms. The molecule has 2 aliphatic heterocycles. The molecule has 0 amide bonds. The molecule has 0 radical (unpaired) electrons. The van der Waals surface area contributed by atoms with Crippen molar-refractivity contribution >= 4 is 56.7 Å². The molecule has 1 spiro atoms. The van der Waals surface area contributed by atoms with Gasteiger partial charge in [-0.3, -0.25) is 0 Å². The van der Waals surface area contributed by atoms with E-state index < -0.39 is 8.07 Å². The fourth-order valence-corrected chi connectivity index (χ4v) is 15.5. The maximum atomic E-state index is 2.56. The minimum absolute atomic E-state index is 0.0970. The smallest absolute Gasteiger partial charge is 0.182 e. The molecule has 3 aliphatic rings. The van der Waals surface area contributed by atoms with Crippen LogP contribution in [0.2, 0.25) is 0 Å². The third kappa shape index (κ3) is 3.70. The number of hydrogen-bond donors (Lipinski definition) is 0. The summed E-state index contributed by atoms with van der Waals surface area (Å²) in [5.74, 6) is 0. The van der Waals surface area contributed by atoms with Gasteiger partial charge < -0.3 is 4.90 Å². The molecular formula is C49H35NSi. The highest BCUT2D eigenvalue weighted by molar-refractivity contribution is 7.24. The standard InChI is InChI=1S/C49H35NSi/c1-49(2)42-21-9-5-17-36(42)37-28-26-33(30-43(37)49)50(44-22-13-15-32-14-3-4-16-35(32)44)34-27-29-41-40-20-8-12-25-47(40)51(48(41)31-34)45-23-10-6-18-38(45)39-19-7-11-24-46(39)51/h3-31H,1-2H3. The van der Waals surface area contributed by atoms with Crippen LogP contribution in [-0.4, -0.2) is 8.07 Å². The molecular weight excluding hydrogens is 631 g/mol. The van der Waals surface area contributed by atoms with Crippen LogP contribution in [0.4, 0.5) is 17.1 Å². The van der Waals surface area contributed by atoms with Crippen molar-refractivity contribution in [2.45, 2.75) is 19.3 Å². The van der Waals surface area contributed by atoms with E-state index in [2.05, 4.69) is 195 Å². The molecule has 0 atom stereocenters. The van der Waals surface area contributed by atoms with Crippen LogP contribution in [0, 0.1) is 0 Å². The van der Waals surface area contributed by atoms with E-state index in [4.69, 9.17) is 0 Å². The van der Waals surface area contributed by atoms with Crippen molar-refractivity contribution in [1.29, 1.82) is 0 Å². The Morgan fingerprint density at radius 1 is 0.392 bits per heavy atom. The summed E-state index contributed by atoms with van der Waals surface area (Å²) in [5.41, 5.74) is 14.5. The molecule has 2 heterocycles. The van der Waals surface area contributed by atoms with Crippen LogP contribution in [0.5, 0.6) is 0 Å². The van der Waals surface area contributed by atoms with Crippen molar-refractivity contribution in [3.63, 3.8) is 0 Å². The van der Waals surface area contributed by atoms with Gasteiger partial charge in [-0.25, -0.2) is 0 Å². The second-order valence-electron chi connectivity index (χ2n) is 14.9. The third-order valence-electron chi connectivity index (χ3n) is 12.1. The van der Waals surface area contributed by atoms with Crippen LogP contribution >= 0.6 is 0 Å². The largest absolute Gasteiger partial charge is 0.310 e. The number of hydrogen-bond acceptors (Lipinski definition) is 1. The highest BCUT2D eigenvalue weighted by Gasteiger charge is 2.54. The molecule has 0 fully saturated rings. The maximum absolute atomic E-state index is 2.59. The first-order valence-corrected chi connectivity index (χ1v) is 20.0. The zero-order chi connectivity index (χ0) is 33.9. The van der Waals surface area contributed by atoms with Crippen molar-refractivity contribution in [2.75, 3.05) is 4.90 Å². The van der Waals surface area contributed by atoms with Crippen LogP contribution in [0.3, 0.4) is 0 Å². The van der Waals surface area contributed by atoms with E-state index in [0.29, 0.717) is 0 Å². The maximum Gasteiger partial charge on any atom is 0.182 e. The van der Waals surface area contributed by atoms with Crippen molar-refractivity contribution < 1.29 is 0 Å². The van der Waals surface area contributed by atoms with E-state index in [-0.39, 0.29) is 5.41 Å². The average molecular weight is 666 g/mol. The van der Waals surface area contributed by atoms with E-state index in [1.807, 2.05) is 0 Å². The Hall–Kier alpha value is -5.96. The summed E-state index contributed by atoms with van der Waals surface area (Å²) in [6, 6.07) is 66.6. The van der Waals surface area contributed by atoms with E-state index in [1.165, 1.54) is 93.1 Å². The lowest BCUT2D eigenvalue weighted by atomic mass is 9.82. The molecule has 11 rings (SSSR count). The van der Waals surface area contributed by atoms with Gasteiger partial charge in [-0.2, -0.15) is 0 Å². The fraction of sp³-hybridized carbons (Fsp3) is 0.0612. The van der Waals surface area contributed by atoms with E-state index in [0.717, 1.165) is 0 Å². The molecule has 1 aliphatic carbocycles. The zero-order valence-corrected chi connectivity index (χ0v) is 29.7. The average Bonchev–Trinajstić information content (AvgIpc) is 3.74. The van der Waals surface area contributed by atoms with Gasteiger partial charge in [0.2, 0.25) is 0 Å². The van der Waals surface area contributed by atoms with Gasteiger partial charge in [-0.15, -0.1) is 0 Å². The van der Waals surface area contributed by atoms with Crippen LogP contribution in [0.25, 0.3) is 44.2 Å². The summed E-state index contributed by atoms with van der Waals surface area (Å²) in [4.78, 5) is 2.53. The zero-order valence-electron chi connectivity index (χ0n) is 28.7. The lowest BCUT2D eigenvalue weighted by Crippen LogP contribution is -2.70. The number of fused-ring (bicyclic) bond motifs is 14. The van der Waals surface area contributed by atoms with Crippen LogP contribution in [-0.2, 0) is 5.41 Å². The lowest BCUT2D eigenvalue weighted by molar-refractivity contribution is 0.660. The van der Waals surface area contributed by atoms with Gasteiger partial charge in [-0.1, -0.05) is 159 Å². The number of nitrogens with zero attached hydrogens (tertiary/aromatic N) is 1. The molecule has 0 bridgehead atoms. The summed E-state index contributed by atoms with van der Waals surface area (Å²) in [6.45, 7) is 4.75. The van der Waals surface area contributed by atoms with Gasteiger partial charge >= 0.3 is 0 Å². The molecule has 0 aromatic heterocycles. The van der Waals surface area contributed by atoms with Crippen molar-refractivity contribution in [3.05, 3.63) is 187 Å². The van der Waals surface area contributed by atoms with Gasteiger partial charge in [0, 0.05) is 22.2 Å². The summed E-state index contributed by atoms with van der Waals surface area (Å²) < 4.78 is 0. The van der Waals surface area contributed by atoms with Crippen molar-refractivity contribution in [2.24, 2.45) is 0 Å². The summed E-state index contributed by atoms with van der Waals surface area (Å²) >= 11 is 0. The summed E-state index contributed by atoms with van der Waals surface area (Å²) in [5, 5.41) is 8.48. The fourth-order valence-electron chi connectivity index (χ4n) is 9.88. The van der Waals surface area contributed by atoms with Gasteiger partial charge in [0.1, 0.15) is 0 Å². The van der Waals surface area contributed by atoms with Gasteiger partial charge in [-0.05, 0) is 101 Å². The van der Waals surface area contributed by atoms with Gasteiger partial charge in [0.15, 0.2) is 8.07 Å². The minimum Gasteiger partial charge on any atom is -0.310 e. The van der Waals surface area contributed by atoms with Gasteiger partial charge in [0.05, 0.1) is 5.69 Å². The Morgan fingerprint density at radius 3 is 1.57 bits per heavy atom. The monoisotopic (exact) mass is 665 g/mol. The Bertz CT molecular complexity index is 2690. The third-order valence-corrected chi connectivity index (χ3v) is 17.0. The predicted octanol–water partition coefficient (Wildman–Crippen LogP) is 9.95. The molecule has 2 heteroatoms. The van der Waals surface area contributed by atoms with E-state index in [9.17, 15) is 0 Å². The van der Waals surface area contributed by atoms with Crippen molar-refractivity contribution in [3.8, 4) is 33.4 Å². The Kier molecular flexibility index (Phi) is 5.82. The summed E-state index contributed by atoms with van der Waals surface area (Å²) in [7, 11) is -2.59. The minimum atomic E-state index is -2.59. The highest BCUT2D eigenvalue weighted by Crippen LogP contribution is 2.51. The van der Waals surface area contributed by atoms with Crippen LogP contribution in [0.15, 0.2) is 176 Å². The van der Waals surface area contributed by atoms with Gasteiger partial charge in [0.25, 0.3) is 0 Å². The predicted molar refractivity (Wildman–Crippen MR) is 218 cm³/mol. The molecule has 240 valence electrons. The van der Waals surface area contributed by atoms with Crippen LogP contribution < -0.4 is 25.6 Å². The first-order valence-electron chi connectivity index (χ1n) is 18.0. The Balaban J connectivity index is 1.20. The molecule has 0 saturated carbocycles. The molecule has 8 aromatic rings. The SMILES string of the molecule is CC1(C)c2ccccc2-c2ccc(N(c3ccc4c(c3)[Si]3(c5ccccc5-c5ccccc53)c3ccccc3-4)c3cccc4ccccc34)cc21. The molecule has 0 saturated heterocycles. The second-order valence-corrected chi connectivity index (χ2v) is 18.5. The molecule has 8 aromatic carbocycles. The van der Waals surface area contributed by atoms with E-state index >= 15 is 0 Å². The number of anilines is 3. The highest BCUT2D eigenvalue weighted by atomic mass is 28.3. The topological polar surface area (TPSA) is 3.24 Å². The Labute approximate surface area is 300 Å². The molecule has 0 N–H and O–H groups in total. The van der Waals surface area contributed by atoms with Crippen molar-refractivity contribution in [1.82, 2.24) is 0 Å². The second kappa shape index (κ2) is 10.3. The Morgan fingerprint density at radius 2 is 0.882 bits per heavy atom. The molecule has 0 unspecified atom stereocenters. The van der Waals surface area contributed by atoms with Crippen LogP contribution in [0.1, 0.15) is 25.0 Å². The quantitative estimate of drug-likeness (QED) is 0.170.